The van der Waals surface area contributed by atoms with Gasteiger partial charge in [0.25, 0.3) is 5.91 Å². The number of benzene rings is 1. The number of thiazole rings is 1. The van der Waals surface area contributed by atoms with E-state index in [0.29, 0.717) is 30.8 Å². The summed E-state index contributed by atoms with van der Waals surface area (Å²) in [4.78, 5) is 31.8. The highest BCUT2D eigenvalue weighted by molar-refractivity contribution is 7.17. The molecule has 0 atom stereocenters. The number of nitrogens with one attached hydrogen (secondary N) is 1. The standard InChI is InChI=1S/C21H27N3O3S/c1-14-17(28-19(22-14)15-8-6-5-7-9-15)18(25)23-16-10-12-24(13-11-16)20(26)27-21(2,3)4/h5-9,16H,10-13H2,1-4H3,(H,23,25). The highest BCUT2D eigenvalue weighted by atomic mass is 32.1. The average Bonchev–Trinajstić information content (AvgIpc) is 3.03. The molecule has 1 aromatic carbocycles. The maximum atomic E-state index is 12.7. The smallest absolute Gasteiger partial charge is 0.410 e. The van der Waals surface area contributed by atoms with Crippen LogP contribution in [0.5, 0.6) is 0 Å². The predicted octanol–water partition coefficient (Wildman–Crippen LogP) is 4.25. The first-order valence-electron chi connectivity index (χ1n) is 9.54. The van der Waals surface area contributed by atoms with Gasteiger partial charge >= 0.3 is 6.09 Å². The summed E-state index contributed by atoms with van der Waals surface area (Å²) in [5.41, 5.74) is 1.26. The van der Waals surface area contributed by atoms with E-state index in [0.717, 1.165) is 16.3 Å². The van der Waals surface area contributed by atoms with Crippen LogP contribution in [-0.4, -0.2) is 46.6 Å². The summed E-state index contributed by atoms with van der Waals surface area (Å²) in [5.74, 6) is -0.0899. The predicted molar refractivity (Wildman–Crippen MR) is 111 cm³/mol. The normalized spacial score (nSPS) is 15.4. The minimum Gasteiger partial charge on any atom is -0.444 e. The lowest BCUT2D eigenvalue weighted by molar-refractivity contribution is 0.0200. The van der Waals surface area contributed by atoms with E-state index in [1.54, 1.807) is 4.90 Å². The van der Waals surface area contributed by atoms with Gasteiger partial charge in [0, 0.05) is 24.7 Å². The van der Waals surface area contributed by atoms with Crippen molar-refractivity contribution >= 4 is 23.3 Å². The number of rotatable bonds is 3. The number of ether oxygens (including phenoxy) is 1. The number of hydrogen-bond donors (Lipinski definition) is 1. The van der Waals surface area contributed by atoms with Gasteiger partial charge in [-0.3, -0.25) is 4.79 Å². The van der Waals surface area contributed by atoms with Crippen LogP contribution < -0.4 is 5.32 Å². The van der Waals surface area contributed by atoms with Crippen LogP contribution in [0.3, 0.4) is 0 Å². The van der Waals surface area contributed by atoms with Crippen LogP contribution in [0.25, 0.3) is 10.6 Å². The number of amides is 2. The first kappa shape index (κ1) is 20.3. The lowest BCUT2D eigenvalue weighted by Gasteiger charge is -2.33. The Labute approximate surface area is 169 Å². The fraction of sp³-hybridized carbons (Fsp3) is 0.476. The van der Waals surface area contributed by atoms with Crippen molar-refractivity contribution < 1.29 is 14.3 Å². The van der Waals surface area contributed by atoms with Crippen LogP contribution in [0.2, 0.25) is 0 Å². The summed E-state index contributed by atoms with van der Waals surface area (Å²) in [6.07, 6.45) is 1.14. The molecule has 1 fully saturated rings. The molecule has 1 saturated heterocycles. The van der Waals surface area contributed by atoms with E-state index >= 15 is 0 Å². The number of piperidine rings is 1. The lowest BCUT2D eigenvalue weighted by Crippen LogP contribution is -2.47. The molecule has 1 aromatic heterocycles. The molecule has 0 aliphatic carbocycles. The SMILES string of the molecule is Cc1nc(-c2ccccc2)sc1C(=O)NC1CCN(C(=O)OC(C)(C)C)CC1. The molecule has 2 amide bonds. The maximum Gasteiger partial charge on any atom is 0.410 e. The summed E-state index contributed by atoms with van der Waals surface area (Å²) < 4.78 is 5.42. The Bertz CT molecular complexity index is 834. The van der Waals surface area contributed by atoms with Crippen molar-refractivity contribution in [3.05, 3.63) is 40.9 Å². The van der Waals surface area contributed by atoms with E-state index in [9.17, 15) is 9.59 Å². The van der Waals surface area contributed by atoms with E-state index in [-0.39, 0.29) is 18.0 Å². The van der Waals surface area contributed by atoms with Gasteiger partial charge in [0.2, 0.25) is 0 Å². The fourth-order valence-corrected chi connectivity index (χ4v) is 4.07. The molecule has 1 aliphatic heterocycles. The number of hydrogen-bond acceptors (Lipinski definition) is 5. The minimum absolute atomic E-state index is 0.0489. The highest BCUT2D eigenvalue weighted by Crippen LogP contribution is 2.28. The lowest BCUT2D eigenvalue weighted by atomic mass is 10.1. The summed E-state index contributed by atoms with van der Waals surface area (Å²) in [5, 5.41) is 3.95. The highest BCUT2D eigenvalue weighted by Gasteiger charge is 2.28. The Morgan fingerprint density at radius 2 is 1.82 bits per heavy atom. The van der Waals surface area contributed by atoms with E-state index in [1.165, 1.54) is 11.3 Å². The van der Waals surface area contributed by atoms with E-state index in [1.807, 2.05) is 58.0 Å². The number of nitrogens with zero attached hydrogens (tertiary/aromatic N) is 2. The van der Waals surface area contributed by atoms with Crippen LogP contribution in [0.15, 0.2) is 30.3 Å². The topological polar surface area (TPSA) is 71.5 Å². The van der Waals surface area contributed by atoms with Crippen LogP contribution >= 0.6 is 11.3 Å². The molecule has 0 saturated carbocycles. The Kier molecular flexibility index (Phi) is 6.03. The van der Waals surface area contributed by atoms with Crippen molar-refractivity contribution in [3.8, 4) is 10.6 Å². The molecule has 2 aromatic rings. The van der Waals surface area contributed by atoms with Gasteiger partial charge < -0.3 is 15.0 Å². The zero-order valence-electron chi connectivity index (χ0n) is 16.8. The zero-order valence-corrected chi connectivity index (χ0v) is 17.6. The van der Waals surface area contributed by atoms with Crippen molar-refractivity contribution in [2.75, 3.05) is 13.1 Å². The molecule has 1 aliphatic rings. The van der Waals surface area contributed by atoms with Gasteiger partial charge in [-0.2, -0.15) is 0 Å². The van der Waals surface area contributed by atoms with Gasteiger partial charge in [0.1, 0.15) is 15.5 Å². The minimum atomic E-state index is -0.498. The third-order valence-electron chi connectivity index (χ3n) is 4.51. The molecule has 3 rings (SSSR count). The molecule has 1 N–H and O–H groups in total. The molecular weight excluding hydrogens is 374 g/mol. The molecule has 0 radical (unpaired) electrons. The van der Waals surface area contributed by atoms with Gasteiger partial charge in [-0.15, -0.1) is 11.3 Å². The third kappa shape index (κ3) is 5.10. The van der Waals surface area contributed by atoms with Crippen molar-refractivity contribution in [2.24, 2.45) is 0 Å². The van der Waals surface area contributed by atoms with Crippen molar-refractivity contribution in [1.29, 1.82) is 0 Å². The van der Waals surface area contributed by atoms with E-state index < -0.39 is 5.60 Å². The van der Waals surface area contributed by atoms with Gasteiger partial charge in [-0.1, -0.05) is 30.3 Å². The summed E-state index contributed by atoms with van der Waals surface area (Å²) in [6.45, 7) is 8.60. The zero-order chi connectivity index (χ0) is 20.3. The first-order valence-corrected chi connectivity index (χ1v) is 10.4. The molecule has 7 heteroatoms. The largest absolute Gasteiger partial charge is 0.444 e. The average molecular weight is 402 g/mol. The van der Waals surface area contributed by atoms with Crippen LogP contribution in [0, 0.1) is 6.92 Å². The number of carbonyl (C=O) groups is 2. The van der Waals surface area contributed by atoms with Crippen LogP contribution in [0.1, 0.15) is 49.0 Å². The molecule has 2 heterocycles. The third-order valence-corrected chi connectivity index (χ3v) is 5.71. The summed E-state index contributed by atoms with van der Waals surface area (Å²) >= 11 is 1.41. The molecule has 150 valence electrons. The van der Waals surface area contributed by atoms with Crippen molar-refractivity contribution in [2.45, 2.75) is 52.2 Å². The number of likely N-dealkylation sites (tertiary alicyclic amines) is 1. The fourth-order valence-electron chi connectivity index (χ4n) is 3.10. The van der Waals surface area contributed by atoms with Gasteiger partial charge in [-0.05, 0) is 40.5 Å². The second kappa shape index (κ2) is 8.31. The van der Waals surface area contributed by atoms with E-state index in [4.69, 9.17) is 4.74 Å². The number of carbonyl (C=O) groups excluding carboxylic acids is 2. The van der Waals surface area contributed by atoms with Gasteiger partial charge in [-0.25, -0.2) is 9.78 Å². The van der Waals surface area contributed by atoms with E-state index in [2.05, 4.69) is 10.3 Å². The molecular formula is C21H27N3O3S. The molecule has 6 nitrogen and oxygen atoms in total. The van der Waals surface area contributed by atoms with Crippen molar-refractivity contribution in [3.63, 3.8) is 0 Å². The number of aromatic nitrogens is 1. The Balaban J connectivity index is 1.57. The molecule has 0 spiro atoms. The second-order valence-electron chi connectivity index (χ2n) is 8.01. The Hall–Kier alpha value is -2.41. The van der Waals surface area contributed by atoms with Crippen LogP contribution in [-0.2, 0) is 4.74 Å². The summed E-state index contributed by atoms with van der Waals surface area (Å²) in [7, 11) is 0. The maximum absolute atomic E-state index is 12.7. The van der Waals surface area contributed by atoms with Gasteiger partial charge in [0.15, 0.2) is 0 Å². The molecule has 0 unspecified atom stereocenters. The quantitative estimate of drug-likeness (QED) is 0.835. The Morgan fingerprint density at radius 1 is 1.18 bits per heavy atom. The molecule has 0 bridgehead atoms. The first-order chi connectivity index (χ1) is 13.2. The number of aryl methyl sites for hydroxylation is 1. The van der Waals surface area contributed by atoms with Gasteiger partial charge in [0.05, 0.1) is 5.69 Å². The monoisotopic (exact) mass is 401 g/mol. The Morgan fingerprint density at radius 3 is 2.43 bits per heavy atom. The van der Waals surface area contributed by atoms with Crippen molar-refractivity contribution in [1.82, 2.24) is 15.2 Å². The molecule has 28 heavy (non-hydrogen) atoms. The van der Waals surface area contributed by atoms with Crippen LogP contribution in [0.4, 0.5) is 4.79 Å². The second-order valence-corrected chi connectivity index (χ2v) is 9.01. The summed E-state index contributed by atoms with van der Waals surface area (Å²) in [6, 6.07) is 9.92.